The van der Waals surface area contributed by atoms with Crippen LogP contribution in [0.2, 0.25) is 0 Å². The summed E-state index contributed by atoms with van der Waals surface area (Å²) < 4.78 is 38.5. The number of carbonyl (C=O) groups is 1. The van der Waals surface area contributed by atoms with E-state index < -0.39 is 18.8 Å². The second-order valence-corrected chi connectivity index (χ2v) is 5.76. The number of anilines is 1. The van der Waals surface area contributed by atoms with E-state index in [1.807, 2.05) is 0 Å². The molecule has 1 N–H and O–H groups in total. The molecule has 1 aromatic rings. The quantitative estimate of drug-likeness (QED) is 0.892. The molecule has 0 radical (unpaired) electrons. The maximum absolute atomic E-state index is 12.3. The van der Waals surface area contributed by atoms with Gasteiger partial charge in [-0.05, 0) is 6.42 Å². The predicted molar refractivity (Wildman–Crippen MR) is 71.4 cm³/mol. The minimum atomic E-state index is -4.58. The smallest absolute Gasteiger partial charge is 0.382 e. The molecule has 2 saturated heterocycles. The Morgan fingerprint density at radius 1 is 1.41 bits per heavy atom. The molecular formula is C13H17F3N4O2. The lowest BCUT2D eigenvalue weighted by atomic mass is 10.1. The Hall–Kier alpha value is -1.61. The molecule has 122 valence electrons. The Morgan fingerprint density at radius 2 is 2.14 bits per heavy atom. The number of aliphatic hydroxyl groups excluding tert-OH is 1. The molecular weight excluding hydrogens is 301 g/mol. The third kappa shape index (κ3) is 2.95. The lowest BCUT2D eigenvalue weighted by Gasteiger charge is -2.40. The van der Waals surface area contributed by atoms with Gasteiger partial charge in [0, 0.05) is 38.8 Å². The van der Waals surface area contributed by atoms with E-state index in [2.05, 4.69) is 5.10 Å². The van der Waals surface area contributed by atoms with E-state index in [4.69, 9.17) is 5.11 Å². The van der Waals surface area contributed by atoms with E-state index in [0.717, 1.165) is 12.1 Å². The van der Waals surface area contributed by atoms with Gasteiger partial charge in [0.2, 0.25) is 5.91 Å². The van der Waals surface area contributed by atoms with Crippen molar-refractivity contribution in [1.29, 1.82) is 0 Å². The first kappa shape index (κ1) is 15.3. The maximum atomic E-state index is 12.3. The zero-order chi connectivity index (χ0) is 15.9. The van der Waals surface area contributed by atoms with E-state index in [1.165, 1.54) is 4.90 Å². The van der Waals surface area contributed by atoms with Crippen LogP contribution in [-0.2, 0) is 4.79 Å². The lowest BCUT2D eigenvalue weighted by Crippen LogP contribution is -2.52. The summed E-state index contributed by atoms with van der Waals surface area (Å²) in [5.74, 6) is 0.0723. The number of amides is 1. The summed E-state index contributed by atoms with van der Waals surface area (Å²) in [6.07, 6.45) is -2.17. The van der Waals surface area contributed by atoms with Crippen LogP contribution in [0.3, 0.4) is 0 Å². The summed E-state index contributed by atoms with van der Waals surface area (Å²) >= 11 is 0. The third-order valence-electron chi connectivity index (χ3n) is 4.09. The van der Waals surface area contributed by atoms with E-state index in [0.29, 0.717) is 26.1 Å². The van der Waals surface area contributed by atoms with E-state index >= 15 is 0 Å². The second-order valence-electron chi connectivity index (χ2n) is 5.76. The van der Waals surface area contributed by atoms with Gasteiger partial charge in [-0.1, -0.05) is 0 Å². The van der Waals surface area contributed by atoms with Gasteiger partial charge in [-0.25, -0.2) is 0 Å². The average molecular weight is 318 g/mol. The van der Waals surface area contributed by atoms with Crippen LogP contribution in [0, 0.1) is 0 Å². The molecule has 2 aliphatic heterocycles. The molecule has 1 aromatic heterocycles. The molecule has 9 heteroatoms. The van der Waals surface area contributed by atoms with Crippen LogP contribution in [0.15, 0.2) is 12.4 Å². The second kappa shape index (κ2) is 5.54. The monoisotopic (exact) mass is 318 g/mol. The molecule has 0 aliphatic carbocycles. The highest BCUT2D eigenvalue weighted by molar-refractivity contribution is 5.95. The van der Waals surface area contributed by atoms with Crippen molar-refractivity contribution in [3.8, 4) is 0 Å². The number of alkyl halides is 3. The van der Waals surface area contributed by atoms with Gasteiger partial charge in [-0.3, -0.25) is 14.4 Å². The molecule has 1 atom stereocenters. The van der Waals surface area contributed by atoms with Gasteiger partial charge in [-0.15, -0.1) is 0 Å². The number of rotatable bonds is 4. The number of likely N-dealkylation sites (tertiary alicyclic amines) is 1. The minimum absolute atomic E-state index is 0.0214. The van der Waals surface area contributed by atoms with Crippen molar-refractivity contribution in [2.24, 2.45) is 0 Å². The number of aromatic nitrogens is 2. The van der Waals surface area contributed by atoms with Crippen molar-refractivity contribution in [3.63, 3.8) is 0 Å². The number of carbonyl (C=O) groups excluding carboxylic acids is 1. The van der Waals surface area contributed by atoms with E-state index in [9.17, 15) is 18.0 Å². The van der Waals surface area contributed by atoms with Gasteiger partial charge in [-0.2, -0.15) is 18.3 Å². The first-order valence-electron chi connectivity index (χ1n) is 7.16. The normalized spacial score (nSPS) is 22.2. The Morgan fingerprint density at radius 3 is 2.73 bits per heavy atom. The van der Waals surface area contributed by atoms with Gasteiger partial charge in [0.15, 0.2) is 6.10 Å². The van der Waals surface area contributed by atoms with Crippen LogP contribution in [0.5, 0.6) is 0 Å². The minimum Gasteiger partial charge on any atom is -0.382 e. The predicted octanol–water partition coefficient (Wildman–Crippen LogP) is 0.790. The van der Waals surface area contributed by atoms with Crippen molar-refractivity contribution in [2.75, 3.05) is 31.1 Å². The first-order chi connectivity index (χ1) is 10.3. The molecule has 0 aromatic carbocycles. The molecule has 0 spiro atoms. The summed E-state index contributed by atoms with van der Waals surface area (Å²) in [5.41, 5.74) is 0.733. The standard InChI is InChI=1S/C13H17F3N4O2/c14-13(15,16)11(21)8-18-5-10(6-18)20-7-9(4-17-20)19-3-1-2-12(19)22/h4,7,10-11,21H,1-3,5-6,8H2. The fourth-order valence-electron chi connectivity index (χ4n) is 2.80. The van der Waals surface area contributed by atoms with Gasteiger partial charge >= 0.3 is 6.18 Å². The Labute approximate surface area is 125 Å². The number of hydrogen-bond donors (Lipinski definition) is 1. The zero-order valence-electron chi connectivity index (χ0n) is 11.8. The van der Waals surface area contributed by atoms with Crippen LogP contribution >= 0.6 is 0 Å². The van der Waals surface area contributed by atoms with Crippen LogP contribution < -0.4 is 4.90 Å². The SMILES string of the molecule is O=C1CCCN1c1cnn(C2CN(CC(O)C(F)(F)F)C2)c1. The zero-order valence-corrected chi connectivity index (χ0v) is 11.8. The van der Waals surface area contributed by atoms with Gasteiger partial charge in [0.25, 0.3) is 0 Å². The van der Waals surface area contributed by atoms with Crippen LogP contribution in [-0.4, -0.2) is 64.2 Å². The number of halogens is 3. The Balaban J connectivity index is 1.53. The molecule has 3 rings (SSSR count). The molecule has 1 amide bonds. The van der Waals surface area contributed by atoms with Crippen molar-refractivity contribution >= 4 is 11.6 Å². The molecule has 2 aliphatic rings. The molecule has 1 unspecified atom stereocenters. The van der Waals surface area contributed by atoms with Gasteiger partial charge in [0.05, 0.1) is 17.9 Å². The number of aliphatic hydroxyl groups is 1. The number of hydrogen-bond acceptors (Lipinski definition) is 4. The highest BCUT2D eigenvalue weighted by atomic mass is 19.4. The topological polar surface area (TPSA) is 61.6 Å². The van der Waals surface area contributed by atoms with Gasteiger partial charge in [0.1, 0.15) is 0 Å². The van der Waals surface area contributed by atoms with E-state index in [1.54, 1.807) is 22.0 Å². The van der Waals surface area contributed by atoms with Crippen molar-refractivity contribution in [1.82, 2.24) is 14.7 Å². The molecule has 6 nitrogen and oxygen atoms in total. The van der Waals surface area contributed by atoms with Crippen molar-refractivity contribution < 1.29 is 23.1 Å². The summed E-state index contributed by atoms with van der Waals surface area (Å²) in [6, 6.07) is -0.0214. The summed E-state index contributed by atoms with van der Waals surface area (Å²) in [6.45, 7) is 1.07. The molecule has 22 heavy (non-hydrogen) atoms. The highest BCUT2D eigenvalue weighted by Crippen LogP contribution is 2.27. The third-order valence-corrected chi connectivity index (χ3v) is 4.09. The Bertz CT molecular complexity index is 554. The molecule has 0 saturated carbocycles. The van der Waals surface area contributed by atoms with Crippen LogP contribution in [0.4, 0.5) is 18.9 Å². The van der Waals surface area contributed by atoms with Crippen molar-refractivity contribution in [3.05, 3.63) is 12.4 Å². The lowest BCUT2D eigenvalue weighted by molar-refractivity contribution is -0.211. The number of nitrogens with zero attached hydrogens (tertiary/aromatic N) is 4. The van der Waals surface area contributed by atoms with E-state index in [-0.39, 0.29) is 11.9 Å². The van der Waals surface area contributed by atoms with Crippen LogP contribution in [0.25, 0.3) is 0 Å². The average Bonchev–Trinajstić information content (AvgIpc) is 3.00. The number of β-amino-alcohol motifs (C(OH)–C–C–N with tert-alkyl or cyclic N) is 1. The summed E-state index contributed by atoms with van der Waals surface area (Å²) in [5, 5.41) is 13.2. The summed E-state index contributed by atoms with van der Waals surface area (Å²) in [4.78, 5) is 14.9. The molecule has 2 fully saturated rings. The fourth-order valence-corrected chi connectivity index (χ4v) is 2.80. The molecule has 0 bridgehead atoms. The van der Waals surface area contributed by atoms with Crippen LogP contribution in [0.1, 0.15) is 18.9 Å². The molecule has 3 heterocycles. The largest absolute Gasteiger partial charge is 0.415 e. The fraction of sp³-hybridized carbons (Fsp3) is 0.692. The highest BCUT2D eigenvalue weighted by Gasteiger charge is 2.41. The Kier molecular flexibility index (Phi) is 3.85. The first-order valence-corrected chi connectivity index (χ1v) is 7.16. The maximum Gasteiger partial charge on any atom is 0.415 e. The van der Waals surface area contributed by atoms with Gasteiger partial charge < -0.3 is 10.0 Å². The summed E-state index contributed by atoms with van der Waals surface area (Å²) in [7, 11) is 0. The van der Waals surface area contributed by atoms with Crippen molar-refractivity contribution in [2.45, 2.75) is 31.2 Å².